The van der Waals surface area contributed by atoms with Crippen molar-refractivity contribution in [3.8, 4) is 5.75 Å². The zero-order chi connectivity index (χ0) is 18.6. The number of para-hydroxylation sites is 2. The molecule has 0 radical (unpaired) electrons. The second-order valence-corrected chi connectivity index (χ2v) is 6.66. The highest BCUT2D eigenvalue weighted by Crippen LogP contribution is 2.28. The fourth-order valence-corrected chi connectivity index (χ4v) is 3.37. The van der Waals surface area contributed by atoms with Crippen LogP contribution in [-0.2, 0) is 11.2 Å². The normalized spacial score (nSPS) is 13.7. The molecule has 0 bridgehead atoms. The van der Waals surface area contributed by atoms with E-state index in [-0.39, 0.29) is 12.3 Å². The Hall–Kier alpha value is -3.15. The summed E-state index contributed by atoms with van der Waals surface area (Å²) in [6, 6.07) is 15.3. The monoisotopic (exact) mass is 362 g/mol. The fourth-order valence-electron chi connectivity index (χ4n) is 3.37. The first-order valence-electron chi connectivity index (χ1n) is 9.17. The molecule has 4 rings (SSSR count). The first-order valence-corrected chi connectivity index (χ1v) is 9.17. The van der Waals surface area contributed by atoms with Crippen molar-refractivity contribution >= 4 is 28.6 Å². The highest BCUT2D eigenvalue weighted by molar-refractivity contribution is 5.95. The molecule has 138 valence electrons. The van der Waals surface area contributed by atoms with Crippen molar-refractivity contribution in [1.82, 2.24) is 9.97 Å². The molecule has 1 fully saturated rings. The van der Waals surface area contributed by atoms with Crippen LogP contribution in [-0.4, -0.2) is 36.1 Å². The number of benzene rings is 2. The fraction of sp³-hybridized carbons (Fsp3) is 0.286. The van der Waals surface area contributed by atoms with Gasteiger partial charge in [-0.05, 0) is 42.7 Å². The molecule has 1 aliphatic rings. The van der Waals surface area contributed by atoms with Gasteiger partial charge in [0.2, 0.25) is 5.91 Å². The van der Waals surface area contributed by atoms with Crippen molar-refractivity contribution in [1.29, 1.82) is 0 Å². The van der Waals surface area contributed by atoms with Gasteiger partial charge in [0, 0.05) is 13.1 Å². The highest BCUT2D eigenvalue weighted by atomic mass is 16.5. The number of carbonyl (C=O) groups is 1. The first-order chi connectivity index (χ1) is 13.2. The molecule has 6 heteroatoms. The summed E-state index contributed by atoms with van der Waals surface area (Å²) in [7, 11) is 1.62. The van der Waals surface area contributed by atoms with Crippen molar-refractivity contribution in [3.05, 3.63) is 54.1 Å². The number of rotatable bonds is 5. The SMILES string of the molecule is COc1cccc(CC(=O)Nc2nc3ccccc3nc2N2CCCC2)c1. The van der Waals surface area contributed by atoms with Gasteiger partial charge in [-0.25, -0.2) is 9.97 Å². The lowest BCUT2D eigenvalue weighted by Crippen LogP contribution is -2.24. The summed E-state index contributed by atoms with van der Waals surface area (Å²) >= 11 is 0. The van der Waals surface area contributed by atoms with E-state index in [0.717, 1.165) is 54.1 Å². The molecule has 2 aromatic carbocycles. The van der Waals surface area contributed by atoms with Gasteiger partial charge in [-0.15, -0.1) is 0 Å². The number of anilines is 2. The quantitative estimate of drug-likeness (QED) is 0.753. The molecule has 1 N–H and O–H groups in total. The molecule has 0 unspecified atom stereocenters. The van der Waals surface area contributed by atoms with E-state index in [4.69, 9.17) is 9.72 Å². The van der Waals surface area contributed by atoms with Gasteiger partial charge in [0.25, 0.3) is 0 Å². The number of hydrogen-bond donors (Lipinski definition) is 1. The third-order valence-electron chi connectivity index (χ3n) is 4.71. The Kier molecular flexibility index (Phi) is 4.87. The van der Waals surface area contributed by atoms with Crippen molar-refractivity contribution in [2.45, 2.75) is 19.3 Å². The summed E-state index contributed by atoms with van der Waals surface area (Å²) in [5, 5.41) is 2.97. The van der Waals surface area contributed by atoms with Crippen LogP contribution in [0.3, 0.4) is 0 Å². The molecule has 1 amide bonds. The summed E-state index contributed by atoms with van der Waals surface area (Å²) < 4.78 is 5.23. The molecule has 1 aliphatic heterocycles. The Balaban J connectivity index is 1.61. The average Bonchev–Trinajstić information content (AvgIpc) is 3.22. The number of fused-ring (bicyclic) bond motifs is 1. The number of aromatic nitrogens is 2. The van der Waals surface area contributed by atoms with E-state index in [1.54, 1.807) is 7.11 Å². The molecule has 27 heavy (non-hydrogen) atoms. The van der Waals surface area contributed by atoms with Crippen molar-refractivity contribution in [3.63, 3.8) is 0 Å². The standard InChI is InChI=1S/C21H22N4O2/c1-27-16-8-6-7-15(13-16)14-19(26)24-20-21(25-11-4-5-12-25)23-18-10-3-2-9-17(18)22-20/h2-3,6-10,13H,4-5,11-12,14H2,1H3,(H,22,24,26). The van der Waals surface area contributed by atoms with Crippen LogP contribution in [0.15, 0.2) is 48.5 Å². The maximum absolute atomic E-state index is 12.6. The summed E-state index contributed by atoms with van der Waals surface area (Å²) in [4.78, 5) is 24.3. The first kappa shape index (κ1) is 17.3. The van der Waals surface area contributed by atoms with E-state index in [9.17, 15) is 4.79 Å². The van der Waals surface area contributed by atoms with Crippen molar-refractivity contribution in [2.24, 2.45) is 0 Å². The minimum absolute atomic E-state index is 0.117. The molecular formula is C21H22N4O2. The maximum atomic E-state index is 12.6. The minimum atomic E-state index is -0.117. The molecule has 0 atom stereocenters. The van der Waals surface area contributed by atoms with Gasteiger partial charge in [0.05, 0.1) is 24.6 Å². The minimum Gasteiger partial charge on any atom is -0.497 e. The van der Waals surface area contributed by atoms with Gasteiger partial charge in [0.1, 0.15) is 5.75 Å². The Morgan fingerprint density at radius 3 is 2.56 bits per heavy atom. The summed E-state index contributed by atoms with van der Waals surface area (Å²) in [5.74, 6) is 1.91. The Morgan fingerprint density at radius 1 is 1.07 bits per heavy atom. The summed E-state index contributed by atoms with van der Waals surface area (Å²) in [5.41, 5.74) is 2.51. The number of hydrogen-bond acceptors (Lipinski definition) is 5. The van der Waals surface area contributed by atoms with E-state index in [1.807, 2.05) is 48.5 Å². The molecule has 0 aliphatic carbocycles. The largest absolute Gasteiger partial charge is 0.497 e. The number of nitrogens with one attached hydrogen (secondary N) is 1. The highest BCUT2D eigenvalue weighted by Gasteiger charge is 2.20. The number of nitrogens with zero attached hydrogens (tertiary/aromatic N) is 3. The number of ether oxygens (including phenoxy) is 1. The van der Waals surface area contributed by atoms with Gasteiger partial charge in [-0.2, -0.15) is 0 Å². The number of carbonyl (C=O) groups excluding carboxylic acids is 1. The van der Waals surface area contributed by atoms with Crippen molar-refractivity contribution in [2.75, 3.05) is 30.4 Å². The van der Waals surface area contributed by atoms with Crippen LogP contribution in [0, 0.1) is 0 Å². The predicted octanol–water partition coefficient (Wildman–Crippen LogP) is 3.42. The predicted molar refractivity (Wildman–Crippen MR) is 106 cm³/mol. The third-order valence-corrected chi connectivity index (χ3v) is 4.71. The van der Waals surface area contributed by atoms with Crippen LogP contribution in [0.4, 0.5) is 11.6 Å². The summed E-state index contributed by atoms with van der Waals surface area (Å²) in [6.45, 7) is 1.87. The lowest BCUT2D eigenvalue weighted by atomic mass is 10.1. The van der Waals surface area contributed by atoms with Gasteiger partial charge in [-0.3, -0.25) is 4.79 Å². The van der Waals surface area contributed by atoms with Crippen LogP contribution < -0.4 is 15.0 Å². The molecule has 2 heterocycles. The topological polar surface area (TPSA) is 67.3 Å². The average molecular weight is 362 g/mol. The van der Waals surface area contributed by atoms with Gasteiger partial charge in [0.15, 0.2) is 11.6 Å². The Morgan fingerprint density at radius 2 is 1.81 bits per heavy atom. The molecule has 3 aromatic rings. The third kappa shape index (κ3) is 3.84. The Bertz CT molecular complexity index is 967. The van der Waals surface area contributed by atoms with E-state index >= 15 is 0 Å². The molecule has 6 nitrogen and oxygen atoms in total. The number of amides is 1. The van der Waals surface area contributed by atoms with E-state index < -0.39 is 0 Å². The van der Waals surface area contributed by atoms with E-state index in [2.05, 4.69) is 15.2 Å². The lowest BCUT2D eigenvalue weighted by molar-refractivity contribution is -0.115. The van der Waals surface area contributed by atoms with Gasteiger partial charge < -0.3 is 15.0 Å². The smallest absolute Gasteiger partial charge is 0.230 e. The van der Waals surface area contributed by atoms with E-state index in [0.29, 0.717) is 5.82 Å². The molecule has 0 saturated carbocycles. The second kappa shape index (κ2) is 7.61. The number of methoxy groups -OCH3 is 1. The van der Waals surface area contributed by atoms with Crippen LogP contribution in [0.5, 0.6) is 5.75 Å². The summed E-state index contributed by atoms with van der Waals surface area (Å²) in [6.07, 6.45) is 2.52. The zero-order valence-electron chi connectivity index (χ0n) is 15.3. The molecular weight excluding hydrogens is 340 g/mol. The Labute approximate surface area is 158 Å². The van der Waals surface area contributed by atoms with Crippen LogP contribution in [0.25, 0.3) is 11.0 Å². The lowest BCUT2D eigenvalue weighted by Gasteiger charge is -2.20. The molecule has 1 aromatic heterocycles. The maximum Gasteiger partial charge on any atom is 0.230 e. The van der Waals surface area contributed by atoms with E-state index in [1.165, 1.54) is 0 Å². The van der Waals surface area contributed by atoms with Gasteiger partial charge >= 0.3 is 0 Å². The van der Waals surface area contributed by atoms with Crippen LogP contribution in [0.1, 0.15) is 18.4 Å². The molecule has 1 saturated heterocycles. The zero-order valence-corrected chi connectivity index (χ0v) is 15.3. The van der Waals surface area contributed by atoms with Crippen LogP contribution >= 0.6 is 0 Å². The molecule has 0 spiro atoms. The van der Waals surface area contributed by atoms with Gasteiger partial charge in [-0.1, -0.05) is 24.3 Å². The second-order valence-electron chi connectivity index (χ2n) is 6.66. The van der Waals surface area contributed by atoms with Crippen LogP contribution in [0.2, 0.25) is 0 Å². The van der Waals surface area contributed by atoms with Crippen molar-refractivity contribution < 1.29 is 9.53 Å².